The number of aryl methyl sites for hydroxylation is 1. The Balaban J connectivity index is 2.16. The van der Waals surface area contributed by atoms with Crippen molar-refractivity contribution < 1.29 is 4.39 Å². The van der Waals surface area contributed by atoms with Gasteiger partial charge < -0.3 is 5.32 Å². The van der Waals surface area contributed by atoms with E-state index in [1.807, 2.05) is 20.0 Å². The van der Waals surface area contributed by atoms with E-state index >= 15 is 0 Å². The Morgan fingerprint density at radius 1 is 1.22 bits per heavy atom. The van der Waals surface area contributed by atoms with Gasteiger partial charge >= 0.3 is 0 Å². The highest BCUT2D eigenvalue weighted by Gasteiger charge is 2.04. The van der Waals surface area contributed by atoms with Gasteiger partial charge in [0.1, 0.15) is 5.82 Å². The van der Waals surface area contributed by atoms with Gasteiger partial charge in [0.2, 0.25) is 5.95 Å². The molecule has 18 heavy (non-hydrogen) atoms. The first-order valence-corrected chi connectivity index (χ1v) is 6.00. The Hall–Kier alpha value is -1.97. The largest absolute Gasteiger partial charge is 0.354 e. The molecule has 0 bridgehead atoms. The molecule has 0 saturated heterocycles. The van der Waals surface area contributed by atoms with Gasteiger partial charge in [-0.3, -0.25) is 0 Å². The molecule has 1 aromatic carbocycles. The third-order valence-electron chi connectivity index (χ3n) is 2.72. The molecule has 1 heterocycles. The fraction of sp³-hybridized carbons (Fsp3) is 0.286. The molecule has 0 aliphatic carbocycles. The molecule has 0 fully saturated rings. The number of halogens is 1. The minimum absolute atomic E-state index is 0.214. The van der Waals surface area contributed by atoms with Crippen LogP contribution in [0.5, 0.6) is 0 Å². The third kappa shape index (κ3) is 3.03. The van der Waals surface area contributed by atoms with E-state index in [4.69, 9.17) is 0 Å². The average molecular weight is 245 g/mol. The number of nitrogens with zero attached hydrogens (tertiary/aromatic N) is 2. The van der Waals surface area contributed by atoms with E-state index in [2.05, 4.69) is 15.3 Å². The number of hydrogen-bond acceptors (Lipinski definition) is 3. The second kappa shape index (κ2) is 5.58. The van der Waals surface area contributed by atoms with Crippen LogP contribution in [0.3, 0.4) is 0 Å². The van der Waals surface area contributed by atoms with E-state index in [0.29, 0.717) is 5.95 Å². The molecule has 1 aromatic heterocycles. The van der Waals surface area contributed by atoms with Crippen LogP contribution in [0.1, 0.15) is 23.7 Å². The lowest BCUT2D eigenvalue weighted by atomic mass is 10.1. The monoisotopic (exact) mass is 245 g/mol. The maximum Gasteiger partial charge on any atom is 0.222 e. The Bertz CT molecular complexity index is 523. The van der Waals surface area contributed by atoms with E-state index < -0.39 is 0 Å². The Morgan fingerprint density at radius 2 is 1.94 bits per heavy atom. The zero-order valence-corrected chi connectivity index (χ0v) is 10.6. The standard InChI is InChI=1S/C14H16FN3/c1-3-16-14-17-9-12(10(2)18-14)8-11-4-6-13(15)7-5-11/h4-7,9H,3,8H2,1-2H3,(H,16,17,18). The molecule has 0 saturated carbocycles. The smallest absolute Gasteiger partial charge is 0.222 e. The lowest BCUT2D eigenvalue weighted by molar-refractivity contribution is 0.627. The highest BCUT2D eigenvalue weighted by Crippen LogP contribution is 2.13. The first-order valence-electron chi connectivity index (χ1n) is 6.00. The average Bonchev–Trinajstić information content (AvgIpc) is 2.36. The van der Waals surface area contributed by atoms with Crippen molar-refractivity contribution in [2.24, 2.45) is 0 Å². The van der Waals surface area contributed by atoms with E-state index in [0.717, 1.165) is 29.8 Å². The second-order valence-electron chi connectivity index (χ2n) is 4.14. The van der Waals surface area contributed by atoms with E-state index in [1.165, 1.54) is 12.1 Å². The Labute approximate surface area is 106 Å². The van der Waals surface area contributed by atoms with Crippen molar-refractivity contribution in [2.75, 3.05) is 11.9 Å². The summed E-state index contributed by atoms with van der Waals surface area (Å²) in [4.78, 5) is 8.63. The summed E-state index contributed by atoms with van der Waals surface area (Å²) in [6.07, 6.45) is 2.54. The van der Waals surface area contributed by atoms with Crippen LogP contribution >= 0.6 is 0 Å². The zero-order chi connectivity index (χ0) is 13.0. The fourth-order valence-electron chi connectivity index (χ4n) is 1.73. The van der Waals surface area contributed by atoms with Gasteiger partial charge in [-0.05, 0) is 37.1 Å². The maximum atomic E-state index is 12.8. The molecular formula is C14H16FN3. The van der Waals surface area contributed by atoms with E-state index in [-0.39, 0.29) is 5.82 Å². The summed E-state index contributed by atoms with van der Waals surface area (Å²) in [5.74, 6) is 0.437. The molecule has 1 N–H and O–H groups in total. The molecule has 94 valence electrons. The summed E-state index contributed by atoms with van der Waals surface area (Å²) < 4.78 is 12.8. The van der Waals surface area contributed by atoms with Crippen LogP contribution in [0, 0.1) is 12.7 Å². The van der Waals surface area contributed by atoms with Gasteiger partial charge in [0, 0.05) is 24.9 Å². The number of anilines is 1. The first-order chi connectivity index (χ1) is 8.69. The van der Waals surface area contributed by atoms with Crippen molar-refractivity contribution in [3.63, 3.8) is 0 Å². The van der Waals surface area contributed by atoms with Gasteiger partial charge in [0.15, 0.2) is 0 Å². The van der Waals surface area contributed by atoms with Crippen LogP contribution in [0.25, 0.3) is 0 Å². The number of hydrogen-bond donors (Lipinski definition) is 1. The van der Waals surface area contributed by atoms with Gasteiger partial charge in [-0.1, -0.05) is 12.1 Å². The van der Waals surface area contributed by atoms with E-state index in [9.17, 15) is 4.39 Å². The highest BCUT2D eigenvalue weighted by atomic mass is 19.1. The molecule has 0 aliphatic heterocycles. The van der Waals surface area contributed by atoms with Crippen molar-refractivity contribution in [1.82, 2.24) is 9.97 Å². The summed E-state index contributed by atoms with van der Waals surface area (Å²) in [5, 5.41) is 3.08. The van der Waals surface area contributed by atoms with Crippen molar-refractivity contribution in [2.45, 2.75) is 20.3 Å². The first kappa shape index (κ1) is 12.5. The van der Waals surface area contributed by atoms with Crippen LogP contribution in [-0.4, -0.2) is 16.5 Å². The van der Waals surface area contributed by atoms with Gasteiger partial charge in [-0.2, -0.15) is 0 Å². The maximum absolute atomic E-state index is 12.8. The summed E-state index contributed by atoms with van der Waals surface area (Å²) in [6.45, 7) is 4.77. The number of benzene rings is 1. The highest BCUT2D eigenvalue weighted by molar-refractivity contribution is 5.32. The van der Waals surface area contributed by atoms with Crippen LogP contribution in [0.15, 0.2) is 30.5 Å². The van der Waals surface area contributed by atoms with Crippen LogP contribution < -0.4 is 5.32 Å². The van der Waals surface area contributed by atoms with Gasteiger partial charge in [0.05, 0.1) is 0 Å². The summed E-state index contributed by atoms with van der Waals surface area (Å²) in [5.41, 5.74) is 3.06. The molecule has 4 heteroatoms. The fourth-order valence-corrected chi connectivity index (χ4v) is 1.73. The van der Waals surface area contributed by atoms with E-state index in [1.54, 1.807) is 12.1 Å². The SMILES string of the molecule is CCNc1ncc(Cc2ccc(F)cc2)c(C)n1. The predicted molar refractivity (Wildman–Crippen MR) is 70.1 cm³/mol. The zero-order valence-electron chi connectivity index (χ0n) is 10.6. The summed E-state index contributed by atoms with van der Waals surface area (Å²) in [6, 6.07) is 6.51. The van der Waals surface area contributed by atoms with Crippen LogP contribution in [-0.2, 0) is 6.42 Å². The normalized spacial score (nSPS) is 10.4. The molecule has 0 radical (unpaired) electrons. The predicted octanol–water partition coefficient (Wildman–Crippen LogP) is 2.95. The molecule has 2 rings (SSSR count). The third-order valence-corrected chi connectivity index (χ3v) is 2.72. The lowest BCUT2D eigenvalue weighted by Gasteiger charge is -2.07. The quantitative estimate of drug-likeness (QED) is 0.900. The number of aromatic nitrogens is 2. The minimum Gasteiger partial charge on any atom is -0.354 e. The molecular weight excluding hydrogens is 229 g/mol. The topological polar surface area (TPSA) is 37.8 Å². The molecule has 0 amide bonds. The van der Waals surface area contributed by atoms with Crippen molar-refractivity contribution in [3.8, 4) is 0 Å². The molecule has 3 nitrogen and oxygen atoms in total. The van der Waals surface area contributed by atoms with Gasteiger partial charge in [0.25, 0.3) is 0 Å². The van der Waals surface area contributed by atoms with Crippen LogP contribution in [0.4, 0.5) is 10.3 Å². The minimum atomic E-state index is -0.214. The number of rotatable bonds is 4. The molecule has 2 aromatic rings. The second-order valence-corrected chi connectivity index (χ2v) is 4.14. The molecule has 0 unspecified atom stereocenters. The Morgan fingerprint density at radius 3 is 2.56 bits per heavy atom. The summed E-state index contributed by atoms with van der Waals surface area (Å²) in [7, 11) is 0. The van der Waals surface area contributed by atoms with Crippen molar-refractivity contribution >= 4 is 5.95 Å². The van der Waals surface area contributed by atoms with Gasteiger partial charge in [-0.15, -0.1) is 0 Å². The van der Waals surface area contributed by atoms with Gasteiger partial charge in [-0.25, -0.2) is 14.4 Å². The number of nitrogens with one attached hydrogen (secondary N) is 1. The van der Waals surface area contributed by atoms with Crippen LogP contribution in [0.2, 0.25) is 0 Å². The summed E-state index contributed by atoms with van der Waals surface area (Å²) >= 11 is 0. The molecule has 0 atom stereocenters. The van der Waals surface area contributed by atoms with Crippen molar-refractivity contribution in [1.29, 1.82) is 0 Å². The molecule has 0 aliphatic rings. The molecule has 0 spiro atoms. The Kier molecular flexibility index (Phi) is 3.87. The lowest BCUT2D eigenvalue weighted by Crippen LogP contribution is -2.05. The van der Waals surface area contributed by atoms with Crippen molar-refractivity contribution in [3.05, 3.63) is 53.1 Å².